The Hall–Kier alpha value is -1.75. The van der Waals surface area contributed by atoms with Gasteiger partial charge in [-0.15, -0.1) is 6.58 Å². The van der Waals surface area contributed by atoms with Gasteiger partial charge in [0.15, 0.2) is 0 Å². The van der Waals surface area contributed by atoms with Gasteiger partial charge in [0.05, 0.1) is 0 Å². The number of allylic oxidation sites excluding steroid dienone is 1. The molecule has 1 aliphatic heterocycles. The molecule has 1 fully saturated rings. The fourth-order valence-electron chi connectivity index (χ4n) is 2.67. The summed E-state index contributed by atoms with van der Waals surface area (Å²) in [7, 11) is 0. The zero-order chi connectivity index (χ0) is 16.0. The Bertz CT molecular complexity index is 538. The Balaban J connectivity index is 2.04. The average molecular weight is 319 g/mol. The molecule has 0 bridgehead atoms. The minimum absolute atomic E-state index is 0.106. The molecule has 1 unspecified atom stereocenters. The number of amides is 1. The number of thioether (sulfide) groups is 1. The van der Waals surface area contributed by atoms with Crippen molar-refractivity contribution in [3.63, 3.8) is 0 Å². The molecule has 1 aliphatic rings. The largest absolute Gasteiger partial charge is 0.480 e. The number of aliphatic carboxylic acids is 1. The van der Waals surface area contributed by atoms with Crippen molar-refractivity contribution in [2.24, 2.45) is 0 Å². The molecule has 1 atom stereocenters. The summed E-state index contributed by atoms with van der Waals surface area (Å²) in [6.07, 6.45) is 2.90. The van der Waals surface area contributed by atoms with Gasteiger partial charge >= 0.3 is 5.97 Å². The average Bonchev–Trinajstić information content (AvgIpc) is 2.54. The Morgan fingerprint density at radius 2 is 1.95 bits per heavy atom. The normalized spacial score (nSPS) is 18.2. The Labute approximate surface area is 135 Å². The van der Waals surface area contributed by atoms with E-state index in [1.807, 2.05) is 30.3 Å². The van der Waals surface area contributed by atoms with Crippen LogP contribution in [0.1, 0.15) is 30.7 Å². The minimum Gasteiger partial charge on any atom is -0.480 e. The van der Waals surface area contributed by atoms with Gasteiger partial charge in [-0.25, -0.2) is 4.79 Å². The molecular formula is C17H21NO3S. The van der Waals surface area contributed by atoms with Crippen molar-refractivity contribution in [3.8, 4) is 0 Å². The SMILES string of the molecule is C=CC(CC(=O)NC1(C(=O)O)CCSCC1)c1ccccc1. The van der Waals surface area contributed by atoms with Gasteiger partial charge in [-0.1, -0.05) is 36.4 Å². The van der Waals surface area contributed by atoms with E-state index in [0.717, 1.165) is 17.1 Å². The van der Waals surface area contributed by atoms with E-state index in [2.05, 4.69) is 11.9 Å². The number of benzene rings is 1. The highest BCUT2D eigenvalue weighted by Crippen LogP contribution is 2.28. The number of carbonyl (C=O) groups excluding carboxylic acids is 1. The number of carboxylic acid groups (broad SMARTS) is 1. The maximum Gasteiger partial charge on any atom is 0.329 e. The molecule has 1 saturated heterocycles. The first-order valence-electron chi connectivity index (χ1n) is 7.37. The summed E-state index contributed by atoms with van der Waals surface area (Å²) >= 11 is 1.73. The summed E-state index contributed by atoms with van der Waals surface area (Å²) in [6.45, 7) is 3.79. The third-order valence-electron chi connectivity index (χ3n) is 4.05. The second kappa shape index (κ2) is 7.49. The fourth-order valence-corrected chi connectivity index (χ4v) is 3.86. The molecule has 2 rings (SSSR count). The molecule has 1 heterocycles. The van der Waals surface area contributed by atoms with Crippen LogP contribution in [0, 0.1) is 0 Å². The van der Waals surface area contributed by atoms with Crippen LogP contribution >= 0.6 is 11.8 Å². The van der Waals surface area contributed by atoms with E-state index in [-0.39, 0.29) is 18.2 Å². The van der Waals surface area contributed by atoms with Crippen LogP contribution in [-0.4, -0.2) is 34.0 Å². The lowest BCUT2D eigenvalue weighted by molar-refractivity contribution is -0.148. The summed E-state index contributed by atoms with van der Waals surface area (Å²) in [4.78, 5) is 23.9. The van der Waals surface area contributed by atoms with Gasteiger partial charge in [0.25, 0.3) is 0 Å². The first kappa shape index (κ1) is 16.6. The molecule has 4 nitrogen and oxygen atoms in total. The van der Waals surface area contributed by atoms with Gasteiger partial charge in [0, 0.05) is 12.3 Å². The minimum atomic E-state index is -1.11. The van der Waals surface area contributed by atoms with E-state index in [1.54, 1.807) is 17.8 Å². The molecule has 22 heavy (non-hydrogen) atoms. The number of hydrogen-bond donors (Lipinski definition) is 2. The predicted molar refractivity (Wildman–Crippen MR) is 89.1 cm³/mol. The summed E-state index contributed by atoms with van der Waals surface area (Å²) in [6, 6.07) is 9.65. The second-order valence-corrected chi connectivity index (χ2v) is 6.73. The molecule has 1 amide bonds. The van der Waals surface area contributed by atoms with Crippen LogP contribution in [-0.2, 0) is 9.59 Å². The van der Waals surface area contributed by atoms with E-state index in [0.29, 0.717) is 12.8 Å². The third kappa shape index (κ3) is 3.91. The van der Waals surface area contributed by atoms with Crippen molar-refractivity contribution < 1.29 is 14.7 Å². The molecular weight excluding hydrogens is 298 g/mol. The van der Waals surface area contributed by atoms with Crippen LogP contribution in [0.25, 0.3) is 0 Å². The first-order chi connectivity index (χ1) is 10.6. The smallest absolute Gasteiger partial charge is 0.329 e. The highest BCUT2D eigenvalue weighted by Gasteiger charge is 2.41. The topological polar surface area (TPSA) is 66.4 Å². The van der Waals surface area contributed by atoms with E-state index in [1.165, 1.54) is 0 Å². The van der Waals surface area contributed by atoms with Crippen LogP contribution in [0.4, 0.5) is 0 Å². The monoisotopic (exact) mass is 319 g/mol. The lowest BCUT2D eigenvalue weighted by atomic mass is 9.90. The number of carbonyl (C=O) groups is 2. The van der Waals surface area contributed by atoms with Crippen molar-refractivity contribution in [2.75, 3.05) is 11.5 Å². The van der Waals surface area contributed by atoms with E-state index in [4.69, 9.17) is 0 Å². The third-order valence-corrected chi connectivity index (χ3v) is 5.04. The van der Waals surface area contributed by atoms with Gasteiger partial charge < -0.3 is 10.4 Å². The number of carboxylic acids is 1. The summed E-state index contributed by atoms with van der Waals surface area (Å²) in [5, 5.41) is 12.3. The van der Waals surface area contributed by atoms with Crippen LogP contribution in [0.3, 0.4) is 0 Å². The predicted octanol–water partition coefficient (Wildman–Crippen LogP) is 2.81. The van der Waals surface area contributed by atoms with Gasteiger partial charge in [0.2, 0.25) is 5.91 Å². The van der Waals surface area contributed by atoms with Crippen molar-refractivity contribution in [1.29, 1.82) is 0 Å². The first-order valence-corrected chi connectivity index (χ1v) is 8.52. The zero-order valence-electron chi connectivity index (χ0n) is 12.5. The Morgan fingerprint density at radius 1 is 1.32 bits per heavy atom. The van der Waals surface area contributed by atoms with Crippen LogP contribution < -0.4 is 5.32 Å². The molecule has 0 radical (unpaired) electrons. The lowest BCUT2D eigenvalue weighted by Gasteiger charge is -2.34. The van der Waals surface area contributed by atoms with Crippen LogP contribution in [0.15, 0.2) is 43.0 Å². The number of rotatable bonds is 6. The molecule has 1 aromatic rings. The summed E-state index contributed by atoms with van der Waals surface area (Å²) in [5.74, 6) is 0.246. The van der Waals surface area contributed by atoms with Crippen molar-refractivity contribution in [1.82, 2.24) is 5.32 Å². The van der Waals surface area contributed by atoms with Crippen molar-refractivity contribution >= 4 is 23.6 Å². The molecule has 0 aromatic heterocycles. The number of hydrogen-bond acceptors (Lipinski definition) is 3. The summed E-state index contributed by atoms with van der Waals surface area (Å²) in [5.41, 5.74) is -0.0960. The quantitative estimate of drug-likeness (QED) is 0.791. The lowest BCUT2D eigenvalue weighted by Crippen LogP contribution is -2.56. The molecule has 2 N–H and O–H groups in total. The highest BCUT2D eigenvalue weighted by molar-refractivity contribution is 7.99. The Kier molecular flexibility index (Phi) is 5.66. The van der Waals surface area contributed by atoms with Crippen molar-refractivity contribution in [2.45, 2.75) is 30.7 Å². The highest BCUT2D eigenvalue weighted by atomic mass is 32.2. The maximum atomic E-state index is 12.3. The Morgan fingerprint density at radius 3 is 2.50 bits per heavy atom. The van der Waals surface area contributed by atoms with E-state index >= 15 is 0 Å². The van der Waals surface area contributed by atoms with Gasteiger partial charge in [-0.3, -0.25) is 4.79 Å². The second-order valence-electron chi connectivity index (χ2n) is 5.50. The molecule has 0 saturated carbocycles. The van der Waals surface area contributed by atoms with Crippen LogP contribution in [0.5, 0.6) is 0 Å². The fraction of sp³-hybridized carbons (Fsp3) is 0.412. The standard InChI is InChI=1S/C17H21NO3S/c1-2-13(14-6-4-3-5-7-14)12-15(19)18-17(16(20)21)8-10-22-11-9-17/h2-7,13H,1,8-12H2,(H,18,19)(H,20,21). The molecule has 5 heteroatoms. The zero-order valence-corrected chi connectivity index (χ0v) is 13.3. The maximum absolute atomic E-state index is 12.3. The van der Waals surface area contributed by atoms with E-state index in [9.17, 15) is 14.7 Å². The molecule has 0 aliphatic carbocycles. The van der Waals surface area contributed by atoms with Crippen molar-refractivity contribution in [3.05, 3.63) is 48.6 Å². The van der Waals surface area contributed by atoms with Gasteiger partial charge in [0.1, 0.15) is 5.54 Å². The van der Waals surface area contributed by atoms with E-state index < -0.39 is 11.5 Å². The molecule has 0 spiro atoms. The van der Waals surface area contributed by atoms with Gasteiger partial charge in [-0.05, 0) is 29.9 Å². The molecule has 118 valence electrons. The van der Waals surface area contributed by atoms with Crippen LogP contribution in [0.2, 0.25) is 0 Å². The summed E-state index contributed by atoms with van der Waals surface area (Å²) < 4.78 is 0. The van der Waals surface area contributed by atoms with Gasteiger partial charge in [-0.2, -0.15) is 11.8 Å². The molecule has 1 aromatic carbocycles. The number of nitrogens with one attached hydrogen (secondary N) is 1.